The second-order valence-corrected chi connectivity index (χ2v) is 8.05. The molecule has 2 amide bonds. The molecule has 0 aliphatic heterocycles. The molecule has 0 aliphatic rings. The van der Waals surface area contributed by atoms with Gasteiger partial charge in [0.1, 0.15) is 5.82 Å². The number of aromatic nitrogens is 2. The standard InChI is InChI=1S/C22H24ClFN4O2/c1-13(2)12-28(22(30)25-15-9-10-19(24)18(23)11-15)14(3)20-16-7-5-6-8-17(16)21(29)27(4)26-20/h5-11,13-14H,12H2,1-4H3,(H,25,30). The maximum Gasteiger partial charge on any atom is 0.322 e. The Balaban J connectivity index is 2.00. The van der Waals surface area contributed by atoms with Crippen LogP contribution in [-0.4, -0.2) is 27.3 Å². The van der Waals surface area contributed by atoms with Gasteiger partial charge in [-0.05, 0) is 37.1 Å². The minimum atomic E-state index is -0.553. The summed E-state index contributed by atoms with van der Waals surface area (Å²) in [5.41, 5.74) is 0.827. The van der Waals surface area contributed by atoms with E-state index in [-0.39, 0.29) is 22.5 Å². The molecule has 8 heteroatoms. The van der Waals surface area contributed by atoms with Crippen molar-refractivity contribution >= 4 is 34.1 Å². The van der Waals surface area contributed by atoms with Crippen LogP contribution >= 0.6 is 11.6 Å². The van der Waals surface area contributed by atoms with Crippen LogP contribution in [0.1, 0.15) is 32.5 Å². The average Bonchev–Trinajstić information content (AvgIpc) is 2.71. The molecule has 2 aromatic carbocycles. The summed E-state index contributed by atoms with van der Waals surface area (Å²) < 4.78 is 14.7. The third-order valence-corrected chi connectivity index (χ3v) is 5.13. The number of benzene rings is 2. The molecule has 0 fully saturated rings. The van der Waals surface area contributed by atoms with Crippen LogP contribution in [-0.2, 0) is 7.05 Å². The Labute approximate surface area is 179 Å². The molecule has 1 heterocycles. The SMILES string of the molecule is CC(C)CN(C(=O)Nc1ccc(F)c(Cl)c1)C(C)c1nn(C)c(=O)c2ccccc12. The Hall–Kier alpha value is -2.93. The molecule has 0 radical (unpaired) electrons. The minimum Gasteiger partial charge on any atom is -0.316 e. The van der Waals surface area contributed by atoms with Gasteiger partial charge in [-0.3, -0.25) is 4.79 Å². The topological polar surface area (TPSA) is 67.2 Å². The van der Waals surface area contributed by atoms with Crippen molar-refractivity contribution in [1.82, 2.24) is 14.7 Å². The average molecular weight is 431 g/mol. The third-order valence-electron chi connectivity index (χ3n) is 4.84. The number of nitrogens with zero attached hydrogens (tertiary/aromatic N) is 3. The number of urea groups is 1. The first-order valence-electron chi connectivity index (χ1n) is 9.67. The van der Waals surface area contributed by atoms with Gasteiger partial charge in [0.05, 0.1) is 22.1 Å². The maximum absolute atomic E-state index is 13.4. The monoisotopic (exact) mass is 430 g/mol. The lowest BCUT2D eigenvalue weighted by atomic mass is 10.0. The van der Waals surface area contributed by atoms with E-state index in [2.05, 4.69) is 10.4 Å². The molecule has 1 aromatic heterocycles. The van der Waals surface area contributed by atoms with Crippen molar-refractivity contribution in [2.75, 3.05) is 11.9 Å². The number of amides is 2. The number of anilines is 1. The van der Waals surface area contributed by atoms with Crippen molar-refractivity contribution < 1.29 is 9.18 Å². The van der Waals surface area contributed by atoms with E-state index in [1.54, 1.807) is 24.1 Å². The summed E-state index contributed by atoms with van der Waals surface area (Å²) in [6.07, 6.45) is 0. The van der Waals surface area contributed by atoms with E-state index in [0.29, 0.717) is 28.7 Å². The van der Waals surface area contributed by atoms with Gasteiger partial charge < -0.3 is 10.2 Å². The molecule has 3 rings (SSSR count). The Morgan fingerprint density at radius 2 is 1.87 bits per heavy atom. The van der Waals surface area contributed by atoms with Crippen molar-refractivity contribution in [3.8, 4) is 0 Å². The number of carbonyl (C=O) groups is 1. The zero-order valence-electron chi connectivity index (χ0n) is 17.3. The maximum atomic E-state index is 13.4. The lowest BCUT2D eigenvalue weighted by Gasteiger charge is -2.31. The molecule has 0 saturated heterocycles. The number of carbonyl (C=O) groups excluding carboxylic acids is 1. The first kappa shape index (κ1) is 21.8. The number of aryl methyl sites for hydroxylation is 1. The van der Waals surface area contributed by atoms with Crippen molar-refractivity contribution in [3.63, 3.8) is 0 Å². The lowest BCUT2D eigenvalue weighted by molar-refractivity contribution is 0.182. The van der Waals surface area contributed by atoms with Crippen molar-refractivity contribution in [2.24, 2.45) is 13.0 Å². The molecule has 0 saturated carbocycles. The second-order valence-electron chi connectivity index (χ2n) is 7.64. The Morgan fingerprint density at radius 1 is 1.20 bits per heavy atom. The summed E-state index contributed by atoms with van der Waals surface area (Å²) in [7, 11) is 1.60. The molecule has 3 aromatic rings. The van der Waals surface area contributed by atoms with Crippen LogP contribution in [0.2, 0.25) is 5.02 Å². The molecule has 6 nitrogen and oxygen atoms in total. The number of hydrogen-bond acceptors (Lipinski definition) is 3. The van der Waals surface area contributed by atoms with E-state index in [4.69, 9.17) is 11.6 Å². The Morgan fingerprint density at radius 3 is 2.50 bits per heavy atom. The van der Waals surface area contributed by atoms with Crippen LogP contribution in [0.25, 0.3) is 10.8 Å². The van der Waals surface area contributed by atoms with E-state index in [1.807, 2.05) is 32.9 Å². The van der Waals surface area contributed by atoms with Gasteiger partial charge in [-0.1, -0.05) is 43.6 Å². The number of fused-ring (bicyclic) bond motifs is 1. The van der Waals surface area contributed by atoms with Gasteiger partial charge in [0, 0.05) is 24.7 Å². The Bertz CT molecular complexity index is 1150. The van der Waals surface area contributed by atoms with Crippen molar-refractivity contribution in [1.29, 1.82) is 0 Å². The summed E-state index contributed by atoms with van der Waals surface area (Å²) in [6, 6.07) is 10.5. The largest absolute Gasteiger partial charge is 0.322 e. The highest BCUT2D eigenvalue weighted by Crippen LogP contribution is 2.27. The zero-order chi connectivity index (χ0) is 22.0. The molecule has 1 atom stereocenters. The minimum absolute atomic E-state index is 0.0676. The van der Waals surface area contributed by atoms with Gasteiger partial charge in [0.15, 0.2) is 0 Å². The van der Waals surface area contributed by atoms with E-state index < -0.39 is 11.9 Å². The first-order valence-corrected chi connectivity index (χ1v) is 10.1. The predicted octanol–water partition coefficient (Wildman–Crippen LogP) is 4.98. The van der Waals surface area contributed by atoms with Crippen LogP contribution in [0.4, 0.5) is 14.9 Å². The molecular formula is C22H24ClFN4O2. The fourth-order valence-electron chi connectivity index (χ4n) is 3.36. The molecule has 0 spiro atoms. The summed E-state index contributed by atoms with van der Waals surface area (Å²) in [5.74, 6) is -0.364. The lowest BCUT2D eigenvalue weighted by Crippen LogP contribution is -2.40. The van der Waals surface area contributed by atoms with Gasteiger partial charge >= 0.3 is 6.03 Å². The zero-order valence-corrected chi connectivity index (χ0v) is 18.1. The molecule has 1 N–H and O–H groups in total. The van der Waals surface area contributed by atoms with E-state index >= 15 is 0 Å². The summed E-state index contributed by atoms with van der Waals surface area (Å²) >= 11 is 5.83. The van der Waals surface area contributed by atoms with E-state index in [9.17, 15) is 14.0 Å². The fraction of sp³-hybridized carbons (Fsp3) is 0.318. The predicted molar refractivity (Wildman–Crippen MR) is 117 cm³/mol. The van der Waals surface area contributed by atoms with Gasteiger partial charge in [-0.2, -0.15) is 5.10 Å². The molecular weight excluding hydrogens is 407 g/mol. The van der Waals surface area contributed by atoms with Crippen LogP contribution in [0.3, 0.4) is 0 Å². The van der Waals surface area contributed by atoms with E-state index in [1.165, 1.54) is 22.9 Å². The molecule has 0 aliphatic carbocycles. The second kappa shape index (κ2) is 8.83. The third kappa shape index (κ3) is 4.46. The molecule has 1 unspecified atom stereocenters. The normalized spacial score (nSPS) is 12.2. The fourth-order valence-corrected chi connectivity index (χ4v) is 3.54. The number of rotatable bonds is 5. The van der Waals surface area contributed by atoms with Crippen LogP contribution in [0.5, 0.6) is 0 Å². The summed E-state index contributed by atoms with van der Waals surface area (Å²) in [4.78, 5) is 27.2. The highest BCUT2D eigenvalue weighted by molar-refractivity contribution is 6.31. The van der Waals surface area contributed by atoms with Crippen LogP contribution in [0, 0.1) is 11.7 Å². The Kier molecular flexibility index (Phi) is 6.41. The highest BCUT2D eigenvalue weighted by Gasteiger charge is 2.26. The summed E-state index contributed by atoms with van der Waals surface area (Å²) in [6.45, 7) is 6.35. The highest BCUT2D eigenvalue weighted by atomic mass is 35.5. The van der Waals surface area contributed by atoms with Gasteiger partial charge in [-0.25, -0.2) is 13.9 Å². The number of halogens is 2. The molecule has 30 heavy (non-hydrogen) atoms. The quantitative estimate of drug-likeness (QED) is 0.620. The van der Waals surface area contributed by atoms with Crippen LogP contribution < -0.4 is 10.9 Å². The van der Waals surface area contributed by atoms with Crippen LogP contribution in [0.15, 0.2) is 47.3 Å². The number of hydrogen-bond donors (Lipinski definition) is 1. The number of nitrogens with one attached hydrogen (secondary N) is 1. The molecule has 158 valence electrons. The first-order chi connectivity index (χ1) is 14.2. The van der Waals surface area contributed by atoms with Gasteiger partial charge in [0.25, 0.3) is 5.56 Å². The smallest absolute Gasteiger partial charge is 0.316 e. The van der Waals surface area contributed by atoms with Crippen molar-refractivity contribution in [3.05, 3.63) is 69.4 Å². The van der Waals surface area contributed by atoms with E-state index in [0.717, 1.165) is 0 Å². The van der Waals surface area contributed by atoms with Gasteiger partial charge in [-0.15, -0.1) is 0 Å². The van der Waals surface area contributed by atoms with Gasteiger partial charge in [0.2, 0.25) is 0 Å². The molecule has 0 bridgehead atoms. The summed E-state index contributed by atoms with van der Waals surface area (Å²) in [5, 5.41) is 8.42. The van der Waals surface area contributed by atoms with Crippen molar-refractivity contribution in [2.45, 2.75) is 26.8 Å².